The van der Waals surface area contributed by atoms with Crippen LogP contribution in [0.2, 0.25) is 0 Å². The summed E-state index contributed by atoms with van der Waals surface area (Å²) in [5.41, 5.74) is 5.30. The molecular formula is C17H21N3. The molecule has 0 bridgehead atoms. The molecule has 0 atom stereocenters. The van der Waals surface area contributed by atoms with E-state index in [4.69, 9.17) is 4.98 Å². The minimum absolute atomic E-state index is 0.877. The van der Waals surface area contributed by atoms with E-state index >= 15 is 0 Å². The van der Waals surface area contributed by atoms with Crippen molar-refractivity contribution in [1.82, 2.24) is 10.3 Å². The number of rotatable bonds is 3. The Balaban J connectivity index is 1.83. The van der Waals surface area contributed by atoms with Crippen LogP contribution in [0.3, 0.4) is 0 Å². The van der Waals surface area contributed by atoms with Crippen molar-refractivity contribution in [2.45, 2.75) is 26.4 Å². The molecule has 1 N–H and O–H groups in total. The molecule has 3 heteroatoms. The van der Waals surface area contributed by atoms with Gasteiger partial charge in [0.05, 0.1) is 0 Å². The van der Waals surface area contributed by atoms with Crippen LogP contribution < -0.4 is 10.2 Å². The summed E-state index contributed by atoms with van der Waals surface area (Å²) in [5.74, 6) is 1.09. The quantitative estimate of drug-likeness (QED) is 0.926. The number of hydrogen-bond acceptors (Lipinski definition) is 3. The Morgan fingerprint density at radius 3 is 2.70 bits per heavy atom. The normalized spacial score (nSPS) is 14.2. The second-order valence-electron chi connectivity index (χ2n) is 5.38. The van der Waals surface area contributed by atoms with Gasteiger partial charge in [0.2, 0.25) is 0 Å². The molecule has 2 heterocycles. The molecular weight excluding hydrogens is 246 g/mol. The first-order chi connectivity index (χ1) is 9.78. The van der Waals surface area contributed by atoms with Crippen LogP contribution in [0.15, 0.2) is 36.4 Å². The summed E-state index contributed by atoms with van der Waals surface area (Å²) < 4.78 is 0. The molecule has 2 aromatic rings. The van der Waals surface area contributed by atoms with Crippen molar-refractivity contribution in [3.8, 4) is 0 Å². The van der Waals surface area contributed by atoms with Gasteiger partial charge in [-0.2, -0.15) is 0 Å². The van der Waals surface area contributed by atoms with Crippen LogP contribution in [0.5, 0.6) is 0 Å². The van der Waals surface area contributed by atoms with Gasteiger partial charge in [-0.15, -0.1) is 0 Å². The van der Waals surface area contributed by atoms with Gasteiger partial charge in [0.15, 0.2) is 0 Å². The van der Waals surface area contributed by atoms with Crippen LogP contribution >= 0.6 is 0 Å². The third-order valence-corrected chi connectivity index (χ3v) is 4.00. The molecule has 3 nitrogen and oxygen atoms in total. The third-order valence-electron chi connectivity index (χ3n) is 4.00. The highest BCUT2D eigenvalue weighted by Crippen LogP contribution is 2.23. The van der Waals surface area contributed by atoms with Gasteiger partial charge >= 0.3 is 0 Å². The molecule has 1 aliphatic rings. The zero-order valence-electron chi connectivity index (χ0n) is 12.2. The van der Waals surface area contributed by atoms with E-state index in [1.165, 1.54) is 16.7 Å². The fourth-order valence-electron chi connectivity index (χ4n) is 2.82. The maximum atomic E-state index is 4.77. The average Bonchev–Trinajstić information content (AvgIpc) is 2.49. The zero-order valence-corrected chi connectivity index (χ0v) is 12.2. The third kappa shape index (κ3) is 2.54. The van der Waals surface area contributed by atoms with Crippen LogP contribution in [0.1, 0.15) is 22.4 Å². The number of hydrogen-bond donors (Lipinski definition) is 1. The van der Waals surface area contributed by atoms with E-state index in [2.05, 4.69) is 53.5 Å². The summed E-state index contributed by atoms with van der Waals surface area (Å²) in [5, 5.41) is 3.18. The smallest absolute Gasteiger partial charge is 0.129 e. The number of anilines is 1. The van der Waals surface area contributed by atoms with Crippen molar-refractivity contribution in [2.24, 2.45) is 0 Å². The number of nitrogens with zero attached hydrogens (tertiary/aromatic N) is 2. The van der Waals surface area contributed by atoms with E-state index in [1.807, 2.05) is 7.05 Å². The molecule has 0 saturated carbocycles. The molecule has 0 radical (unpaired) electrons. The van der Waals surface area contributed by atoms with Crippen LogP contribution in [0, 0.1) is 6.92 Å². The molecule has 0 saturated heterocycles. The number of aromatic nitrogens is 1. The lowest BCUT2D eigenvalue weighted by Gasteiger charge is -2.30. The second-order valence-corrected chi connectivity index (χ2v) is 5.38. The van der Waals surface area contributed by atoms with E-state index in [0.29, 0.717) is 0 Å². The number of fused-ring (bicyclic) bond motifs is 1. The highest BCUT2D eigenvalue weighted by molar-refractivity contribution is 5.46. The van der Waals surface area contributed by atoms with E-state index < -0.39 is 0 Å². The van der Waals surface area contributed by atoms with Gasteiger partial charge < -0.3 is 10.2 Å². The van der Waals surface area contributed by atoms with Gasteiger partial charge in [-0.1, -0.05) is 30.3 Å². The van der Waals surface area contributed by atoms with E-state index in [-0.39, 0.29) is 0 Å². The minimum Gasteiger partial charge on any atom is -0.352 e. The summed E-state index contributed by atoms with van der Waals surface area (Å²) in [4.78, 5) is 7.15. The van der Waals surface area contributed by atoms with Gasteiger partial charge in [0.1, 0.15) is 5.82 Å². The summed E-state index contributed by atoms with van der Waals surface area (Å²) in [6, 6.07) is 13.0. The number of benzene rings is 1. The molecule has 1 aliphatic heterocycles. The Bertz CT molecular complexity index is 607. The Kier molecular flexibility index (Phi) is 3.70. The van der Waals surface area contributed by atoms with Crippen molar-refractivity contribution in [1.29, 1.82) is 0 Å². The van der Waals surface area contributed by atoms with Gasteiger partial charge in [-0.25, -0.2) is 4.98 Å². The molecule has 0 aliphatic carbocycles. The van der Waals surface area contributed by atoms with E-state index in [9.17, 15) is 0 Å². The fraction of sp³-hybridized carbons (Fsp3) is 0.353. The topological polar surface area (TPSA) is 28.2 Å². The van der Waals surface area contributed by atoms with Gasteiger partial charge in [-0.3, -0.25) is 0 Å². The number of pyridine rings is 1. The van der Waals surface area contributed by atoms with E-state index in [0.717, 1.165) is 37.6 Å². The van der Waals surface area contributed by atoms with Crippen LogP contribution in [0.4, 0.5) is 5.82 Å². The summed E-state index contributed by atoms with van der Waals surface area (Å²) in [6.45, 7) is 4.98. The molecule has 3 rings (SSSR count). The Morgan fingerprint density at radius 1 is 1.15 bits per heavy atom. The van der Waals surface area contributed by atoms with Crippen molar-refractivity contribution >= 4 is 5.82 Å². The van der Waals surface area contributed by atoms with Gasteiger partial charge in [0, 0.05) is 25.3 Å². The molecule has 1 aromatic heterocycles. The first kappa shape index (κ1) is 13.1. The maximum Gasteiger partial charge on any atom is 0.129 e. The Hall–Kier alpha value is -1.87. The first-order valence-electron chi connectivity index (χ1n) is 7.21. The van der Waals surface area contributed by atoms with Gasteiger partial charge in [0.25, 0.3) is 0 Å². The largest absolute Gasteiger partial charge is 0.352 e. The highest BCUT2D eigenvalue weighted by Gasteiger charge is 2.17. The monoisotopic (exact) mass is 267 g/mol. The molecule has 0 amide bonds. The molecule has 1 aromatic carbocycles. The molecule has 0 spiro atoms. The fourth-order valence-corrected chi connectivity index (χ4v) is 2.82. The summed E-state index contributed by atoms with van der Waals surface area (Å²) in [7, 11) is 1.97. The molecule has 20 heavy (non-hydrogen) atoms. The predicted molar refractivity (Wildman–Crippen MR) is 82.9 cm³/mol. The summed E-state index contributed by atoms with van der Waals surface area (Å²) in [6.07, 6.45) is 1.11. The van der Waals surface area contributed by atoms with E-state index in [1.54, 1.807) is 0 Å². The Labute approximate surface area is 120 Å². The first-order valence-corrected chi connectivity index (χ1v) is 7.21. The van der Waals surface area contributed by atoms with Crippen LogP contribution in [-0.2, 0) is 19.5 Å². The van der Waals surface area contributed by atoms with Crippen molar-refractivity contribution in [3.63, 3.8) is 0 Å². The van der Waals surface area contributed by atoms with Crippen LogP contribution in [-0.4, -0.2) is 18.6 Å². The summed E-state index contributed by atoms with van der Waals surface area (Å²) >= 11 is 0. The van der Waals surface area contributed by atoms with Crippen molar-refractivity contribution in [3.05, 3.63) is 58.8 Å². The lowest BCUT2D eigenvalue weighted by Crippen LogP contribution is -2.31. The highest BCUT2D eigenvalue weighted by atomic mass is 15.2. The Morgan fingerprint density at radius 2 is 1.95 bits per heavy atom. The number of aryl methyl sites for hydroxylation is 1. The van der Waals surface area contributed by atoms with Crippen molar-refractivity contribution in [2.75, 3.05) is 18.5 Å². The lowest BCUT2D eigenvalue weighted by molar-refractivity contribution is 0.716. The zero-order chi connectivity index (χ0) is 13.9. The maximum absolute atomic E-state index is 4.77. The molecule has 0 fully saturated rings. The van der Waals surface area contributed by atoms with Crippen LogP contribution in [0.25, 0.3) is 0 Å². The van der Waals surface area contributed by atoms with Gasteiger partial charge in [-0.05, 0) is 43.1 Å². The minimum atomic E-state index is 0.877. The molecule has 0 unspecified atom stereocenters. The lowest BCUT2D eigenvalue weighted by atomic mass is 10.00. The standard InChI is InChI=1S/C17H21N3/c1-13-15(11-18-2)7-8-17(19-13)20-10-9-14-5-3-4-6-16(14)12-20/h3-8,18H,9-12H2,1-2H3. The van der Waals surface area contributed by atoms with Crippen molar-refractivity contribution < 1.29 is 0 Å². The SMILES string of the molecule is CNCc1ccc(N2CCc3ccccc3C2)nc1C. The second kappa shape index (κ2) is 5.63. The molecule has 104 valence electrons. The number of nitrogens with one attached hydrogen (secondary N) is 1. The predicted octanol–water partition coefficient (Wildman–Crippen LogP) is 2.67. The average molecular weight is 267 g/mol.